The number of nitriles is 1. The zero-order valence-corrected chi connectivity index (χ0v) is 19.0. The van der Waals surface area contributed by atoms with Crippen LogP contribution in [0.25, 0.3) is 0 Å². The van der Waals surface area contributed by atoms with Crippen LogP contribution in [0.3, 0.4) is 0 Å². The van der Waals surface area contributed by atoms with Crippen molar-refractivity contribution in [2.45, 2.75) is 23.8 Å². The third-order valence-electron chi connectivity index (χ3n) is 5.69. The molecule has 8 heteroatoms. The summed E-state index contributed by atoms with van der Waals surface area (Å²) in [6.07, 6.45) is 0.931. The number of carbonyl (C=O) groups is 1. The Hall–Kier alpha value is -2.99. The Labute approximate surface area is 192 Å². The molecular weight excluding hydrogens is 442 g/mol. The molecule has 32 heavy (non-hydrogen) atoms. The largest absolute Gasteiger partial charge is 0.344 e. The number of benzene rings is 2. The molecule has 0 aliphatic carbocycles. The summed E-state index contributed by atoms with van der Waals surface area (Å²) in [6.45, 7) is 0.574. The molecular formula is C24H23N3O3S2. The first kappa shape index (κ1) is 22.2. The lowest BCUT2D eigenvalue weighted by atomic mass is 9.96. The molecule has 1 atom stereocenters. The molecule has 4 rings (SSSR count). The molecule has 0 spiro atoms. The maximum Gasteiger partial charge on any atom is 0.243 e. The van der Waals surface area contributed by atoms with E-state index in [1.54, 1.807) is 11.3 Å². The minimum atomic E-state index is -3.64. The highest BCUT2D eigenvalue weighted by molar-refractivity contribution is 7.89. The highest BCUT2D eigenvalue weighted by Gasteiger charge is 2.33. The second-order valence-electron chi connectivity index (χ2n) is 7.68. The Kier molecular flexibility index (Phi) is 6.70. The van der Waals surface area contributed by atoms with Gasteiger partial charge in [-0.15, -0.1) is 11.3 Å². The van der Waals surface area contributed by atoms with Crippen LogP contribution in [0, 0.1) is 17.2 Å². The van der Waals surface area contributed by atoms with Crippen molar-refractivity contribution in [2.75, 3.05) is 13.1 Å². The molecule has 1 amide bonds. The SMILES string of the molecule is N#Cc1ccc(S(=O)(=O)N2CCC(C(=O)NC(c3ccccc3)c3cccs3)CC2)cc1. The lowest BCUT2D eigenvalue weighted by Crippen LogP contribution is -2.43. The summed E-state index contributed by atoms with van der Waals surface area (Å²) in [5.74, 6) is -0.295. The van der Waals surface area contributed by atoms with Gasteiger partial charge in [0.1, 0.15) is 0 Å². The number of hydrogen-bond donors (Lipinski definition) is 1. The van der Waals surface area contributed by atoms with Crippen LogP contribution in [0.2, 0.25) is 0 Å². The fourth-order valence-corrected chi connectivity index (χ4v) is 6.16. The highest BCUT2D eigenvalue weighted by atomic mass is 32.2. The van der Waals surface area contributed by atoms with Crippen LogP contribution < -0.4 is 5.32 Å². The third kappa shape index (κ3) is 4.75. The highest BCUT2D eigenvalue weighted by Crippen LogP contribution is 2.29. The number of piperidine rings is 1. The predicted molar refractivity (Wildman–Crippen MR) is 123 cm³/mol. The number of amides is 1. The summed E-state index contributed by atoms with van der Waals surface area (Å²) >= 11 is 1.60. The van der Waals surface area contributed by atoms with Crippen LogP contribution >= 0.6 is 11.3 Å². The first-order chi connectivity index (χ1) is 15.5. The van der Waals surface area contributed by atoms with E-state index < -0.39 is 10.0 Å². The summed E-state index contributed by atoms with van der Waals surface area (Å²) in [4.78, 5) is 14.3. The van der Waals surface area contributed by atoms with Gasteiger partial charge in [-0.2, -0.15) is 9.57 Å². The molecule has 0 radical (unpaired) electrons. The van der Waals surface area contributed by atoms with Crippen LogP contribution in [0.5, 0.6) is 0 Å². The molecule has 2 heterocycles. The van der Waals surface area contributed by atoms with E-state index >= 15 is 0 Å². The number of nitrogens with one attached hydrogen (secondary N) is 1. The van der Waals surface area contributed by atoms with Gasteiger partial charge in [0.2, 0.25) is 15.9 Å². The predicted octanol–water partition coefficient (Wildman–Crippen LogP) is 3.93. The number of sulfonamides is 1. The van der Waals surface area contributed by atoms with E-state index in [0.29, 0.717) is 18.4 Å². The number of rotatable bonds is 6. The van der Waals surface area contributed by atoms with Crippen molar-refractivity contribution in [3.63, 3.8) is 0 Å². The molecule has 1 fully saturated rings. The summed E-state index contributed by atoms with van der Waals surface area (Å²) in [5, 5.41) is 14.1. The van der Waals surface area contributed by atoms with Crippen molar-refractivity contribution < 1.29 is 13.2 Å². The Balaban J connectivity index is 1.42. The Bertz CT molecular complexity index is 1190. The Morgan fingerprint density at radius 2 is 1.72 bits per heavy atom. The monoisotopic (exact) mass is 465 g/mol. The fourth-order valence-electron chi connectivity index (χ4n) is 3.89. The molecule has 1 aliphatic heterocycles. The van der Waals surface area contributed by atoms with E-state index in [4.69, 9.17) is 5.26 Å². The first-order valence-electron chi connectivity index (χ1n) is 10.4. The van der Waals surface area contributed by atoms with Crippen molar-refractivity contribution in [1.29, 1.82) is 5.26 Å². The van der Waals surface area contributed by atoms with Crippen molar-refractivity contribution in [1.82, 2.24) is 9.62 Å². The zero-order chi connectivity index (χ0) is 22.6. The van der Waals surface area contributed by atoms with Crippen molar-refractivity contribution in [3.8, 4) is 6.07 Å². The fraction of sp³-hybridized carbons (Fsp3) is 0.250. The van der Waals surface area contributed by atoms with Crippen LogP contribution in [0.15, 0.2) is 77.0 Å². The van der Waals surface area contributed by atoms with Crippen molar-refractivity contribution in [3.05, 3.63) is 88.1 Å². The molecule has 1 unspecified atom stereocenters. The second kappa shape index (κ2) is 9.65. The average Bonchev–Trinajstić information content (AvgIpc) is 3.38. The van der Waals surface area contributed by atoms with E-state index in [-0.39, 0.29) is 35.9 Å². The molecule has 1 aliphatic rings. The minimum Gasteiger partial charge on any atom is -0.344 e. The van der Waals surface area contributed by atoms with Gasteiger partial charge in [0, 0.05) is 23.9 Å². The quantitative estimate of drug-likeness (QED) is 0.597. The number of nitrogens with zero attached hydrogens (tertiary/aromatic N) is 2. The zero-order valence-electron chi connectivity index (χ0n) is 17.3. The molecule has 2 aromatic carbocycles. The van der Waals surface area contributed by atoms with E-state index in [0.717, 1.165) is 10.4 Å². The van der Waals surface area contributed by atoms with Gasteiger partial charge in [-0.3, -0.25) is 4.79 Å². The molecule has 1 saturated heterocycles. The molecule has 164 valence electrons. The molecule has 1 N–H and O–H groups in total. The number of carbonyl (C=O) groups excluding carboxylic acids is 1. The maximum atomic E-state index is 13.1. The van der Waals surface area contributed by atoms with E-state index in [2.05, 4.69) is 5.32 Å². The van der Waals surface area contributed by atoms with Gasteiger partial charge in [0.15, 0.2) is 0 Å². The van der Waals surface area contributed by atoms with Gasteiger partial charge in [-0.05, 0) is 54.1 Å². The van der Waals surface area contributed by atoms with Crippen LogP contribution in [0.1, 0.15) is 34.9 Å². The number of thiophene rings is 1. The standard InChI is InChI=1S/C24H23N3O3S2/c25-17-18-8-10-21(11-9-18)32(29,30)27-14-12-20(13-15-27)24(28)26-23(22-7-4-16-31-22)19-5-2-1-3-6-19/h1-11,16,20,23H,12-15H2,(H,26,28). The summed E-state index contributed by atoms with van der Waals surface area (Å²) < 4.78 is 27.3. The van der Waals surface area contributed by atoms with Crippen LogP contribution in [-0.4, -0.2) is 31.7 Å². The van der Waals surface area contributed by atoms with Gasteiger partial charge in [0.25, 0.3) is 0 Å². The van der Waals surface area contributed by atoms with Crippen LogP contribution in [0.4, 0.5) is 0 Å². The summed E-state index contributed by atoms with van der Waals surface area (Å²) in [6, 6.07) is 21.5. The second-order valence-corrected chi connectivity index (χ2v) is 10.6. The molecule has 0 saturated carbocycles. The maximum absolute atomic E-state index is 13.1. The lowest BCUT2D eigenvalue weighted by Gasteiger charge is -2.31. The smallest absolute Gasteiger partial charge is 0.243 e. The summed E-state index contributed by atoms with van der Waals surface area (Å²) in [5.41, 5.74) is 1.43. The van der Waals surface area contributed by atoms with Crippen LogP contribution in [-0.2, 0) is 14.8 Å². The van der Waals surface area contributed by atoms with Gasteiger partial charge in [-0.25, -0.2) is 8.42 Å². The van der Waals surface area contributed by atoms with E-state index in [1.807, 2.05) is 53.9 Å². The normalized spacial score (nSPS) is 16.2. The van der Waals surface area contributed by atoms with Gasteiger partial charge in [-0.1, -0.05) is 36.4 Å². The van der Waals surface area contributed by atoms with Gasteiger partial charge in [0.05, 0.1) is 22.6 Å². The topological polar surface area (TPSA) is 90.3 Å². The van der Waals surface area contributed by atoms with Gasteiger partial charge < -0.3 is 5.32 Å². The molecule has 1 aromatic heterocycles. The number of hydrogen-bond acceptors (Lipinski definition) is 5. The molecule has 3 aromatic rings. The van der Waals surface area contributed by atoms with E-state index in [9.17, 15) is 13.2 Å². The first-order valence-corrected chi connectivity index (χ1v) is 12.7. The molecule has 0 bridgehead atoms. The summed E-state index contributed by atoms with van der Waals surface area (Å²) in [7, 11) is -3.64. The minimum absolute atomic E-state index is 0.0531. The molecule has 6 nitrogen and oxygen atoms in total. The van der Waals surface area contributed by atoms with Crippen molar-refractivity contribution >= 4 is 27.3 Å². The van der Waals surface area contributed by atoms with Crippen molar-refractivity contribution in [2.24, 2.45) is 5.92 Å². The van der Waals surface area contributed by atoms with Gasteiger partial charge >= 0.3 is 0 Å². The Morgan fingerprint density at radius 3 is 2.31 bits per heavy atom. The Morgan fingerprint density at radius 1 is 1.03 bits per heavy atom. The average molecular weight is 466 g/mol. The third-order valence-corrected chi connectivity index (χ3v) is 8.54. The lowest BCUT2D eigenvalue weighted by molar-refractivity contribution is -0.126. The van der Waals surface area contributed by atoms with E-state index in [1.165, 1.54) is 28.6 Å².